The van der Waals surface area contributed by atoms with Crippen molar-refractivity contribution >= 4 is 34.8 Å². The quantitative estimate of drug-likeness (QED) is 0.512. The van der Waals surface area contributed by atoms with Crippen LogP contribution in [-0.4, -0.2) is 25.0 Å². The van der Waals surface area contributed by atoms with E-state index >= 15 is 0 Å². The second-order valence-electron chi connectivity index (χ2n) is 6.10. The van der Waals surface area contributed by atoms with Gasteiger partial charge in [0.2, 0.25) is 0 Å². The van der Waals surface area contributed by atoms with E-state index in [2.05, 4.69) is 10.6 Å². The average molecular weight is 429 g/mol. The Morgan fingerprint density at radius 3 is 2.33 bits per heavy atom. The van der Waals surface area contributed by atoms with Gasteiger partial charge in [-0.1, -0.05) is 11.6 Å². The molecule has 2 N–H and O–H groups in total. The second-order valence-corrected chi connectivity index (χ2v) is 6.54. The number of anilines is 2. The minimum Gasteiger partial charge on any atom is -0.490 e. The lowest BCUT2D eigenvalue weighted by Gasteiger charge is -2.14. The van der Waals surface area contributed by atoms with Crippen molar-refractivity contribution in [3.05, 3.63) is 71.1 Å². The zero-order valence-electron chi connectivity index (χ0n) is 16.5. The standard InChI is InChI=1S/C22H21ClN2O5/c1-3-28-18-10-7-14(12-20(18)29-4-2)21(26)24-16-9-8-15(23)13-17(16)25-22(27)19-6-5-11-30-19/h5-13H,3-4H2,1-2H3,(H,24,26)(H,25,27). The van der Waals surface area contributed by atoms with Crippen LogP contribution in [0.2, 0.25) is 5.02 Å². The predicted molar refractivity (Wildman–Crippen MR) is 115 cm³/mol. The molecule has 1 aromatic heterocycles. The van der Waals surface area contributed by atoms with Crippen LogP contribution < -0.4 is 20.1 Å². The Balaban J connectivity index is 1.83. The Morgan fingerprint density at radius 2 is 1.63 bits per heavy atom. The third-order valence-corrected chi connectivity index (χ3v) is 4.26. The van der Waals surface area contributed by atoms with Gasteiger partial charge in [-0.2, -0.15) is 0 Å². The van der Waals surface area contributed by atoms with Crippen LogP contribution in [0.3, 0.4) is 0 Å². The number of carbonyl (C=O) groups is 2. The van der Waals surface area contributed by atoms with Crippen molar-refractivity contribution in [1.82, 2.24) is 0 Å². The number of hydrogen-bond acceptors (Lipinski definition) is 5. The van der Waals surface area contributed by atoms with Crippen LogP contribution in [0.15, 0.2) is 59.2 Å². The first-order valence-corrected chi connectivity index (χ1v) is 9.75. The minimum atomic E-state index is -0.461. The third-order valence-electron chi connectivity index (χ3n) is 4.03. The summed E-state index contributed by atoms with van der Waals surface area (Å²) in [4.78, 5) is 25.1. The highest BCUT2D eigenvalue weighted by Gasteiger charge is 2.16. The van der Waals surface area contributed by atoms with Gasteiger partial charge in [0.1, 0.15) is 0 Å². The van der Waals surface area contributed by atoms with Gasteiger partial charge in [-0.25, -0.2) is 0 Å². The number of amides is 2. The summed E-state index contributed by atoms with van der Waals surface area (Å²) >= 11 is 6.06. The molecule has 0 atom stereocenters. The molecule has 7 nitrogen and oxygen atoms in total. The molecular formula is C22H21ClN2O5. The lowest BCUT2D eigenvalue weighted by Crippen LogP contribution is -2.16. The summed E-state index contributed by atoms with van der Waals surface area (Å²) < 4.78 is 16.2. The Bertz CT molecular complexity index is 1030. The number of halogens is 1. The van der Waals surface area contributed by atoms with Gasteiger partial charge in [-0.05, 0) is 62.4 Å². The lowest BCUT2D eigenvalue weighted by atomic mass is 10.1. The first kappa shape index (κ1) is 21.3. The maximum Gasteiger partial charge on any atom is 0.291 e. The Morgan fingerprint density at radius 1 is 0.900 bits per heavy atom. The molecule has 0 radical (unpaired) electrons. The molecule has 0 aliphatic heterocycles. The smallest absolute Gasteiger partial charge is 0.291 e. The van der Waals surface area contributed by atoms with Crippen LogP contribution in [0.1, 0.15) is 34.8 Å². The first-order chi connectivity index (χ1) is 14.5. The number of nitrogens with one attached hydrogen (secondary N) is 2. The van der Waals surface area contributed by atoms with Gasteiger partial charge in [0.05, 0.1) is 30.9 Å². The maximum atomic E-state index is 12.8. The van der Waals surface area contributed by atoms with E-state index in [0.29, 0.717) is 46.7 Å². The molecule has 0 spiro atoms. The third kappa shape index (κ3) is 5.12. The summed E-state index contributed by atoms with van der Waals surface area (Å²) in [5, 5.41) is 5.88. The van der Waals surface area contributed by atoms with Gasteiger partial charge in [0, 0.05) is 10.6 Å². The van der Waals surface area contributed by atoms with Crippen molar-refractivity contribution in [1.29, 1.82) is 0 Å². The predicted octanol–water partition coefficient (Wildman–Crippen LogP) is 5.24. The van der Waals surface area contributed by atoms with E-state index in [1.807, 2.05) is 13.8 Å². The monoisotopic (exact) mass is 428 g/mol. The van der Waals surface area contributed by atoms with Gasteiger partial charge in [-0.3, -0.25) is 9.59 Å². The molecule has 0 unspecified atom stereocenters. The summed E-state index contributed by atoms with van der Waals surface area (Å²) in [6, 6.07) is 12.8. The summed E-state index contributed by atoms with van der Waals surface area (Å²) in [6.45, 7) is 4.64. The topological polar surface area (TPSA) is 89.8 Å². The van der Waals surface area contributed by atoms with E-state index in [-0.39, 0.29) is 11.7 Å². The molecule has 3 rings (SSSR count). The Kier molecular flexibility index (Phi) is 6.98. The molecule has 30 heavy (non-hydrogen) atoms. The minimum absolute atomic E-state index is 0.139. The molecular weight excluding hydrogens is 408 g/mol. The SMILES string of the molecule is CCOc1ccc(C(=O)Nc2ccc(Cl)cc2NC(=O)c2ccco2)cc1OCC. The fraction of sp³-hybridized carbons (Fsp3) is 0.182. The van der Waals surface area contributed by atoms with Crippen molar-refractivity contribution in [3.8, 4) is 11.5 Å². The van der Waals surface area contributed by atoms with E-state index in [4.69, 9.17) is 25.5 Å². The molecule has 0 aliphatic rings. The van der Waals surface area contributed by atoms with Crippen LogP contribution in [0.25, 0.3) is 0 Å². The molecule has 3 aromatic rings. The molecule has 8 heteroatoms. The Labute approximate surface area is 178 Å². The fourth-order valence-corrected chi connectivity index (χ4v) is 2.88. The van der Waals surface area contributed by atoms with Crippen LogP contribution in [0.4, 0.5) is 11.4 Å². The number of ether oxygens (including phenoxy) is 2. The molecule has 2 aromatic carbocycles. The molecule has 0 saturated heterocycles. The van der Waals surface area contributed by atoms with Crippen molar-refractivity contribution in [3.63, 3.8) is 0 Å². The molecule has 0 bridgehead atoms. The summed E-state index contributed by atoms with van der Waals surface area (Å²) in [5.41, 5.74) is 1.10. The van der Waals surface area contributed by atoms with Crippen molar-refractivity contribution < 1.29 is 23.5 Å². The lowest BCUT2D eigenvalue weighted by molar-refractivity contribution is 0.0993. The van der Waals surface area contributed by atoms with Crippen LogP contribution in [-0.2, 0) is 0 Å². The van der Waals surface area contributed by atoms with Gasteiger partial charge >= 0.3 is 0 Å². The van der Waals surface area contributed by atoms with Crippen LogP contribution >= 0.6 is 11.6 Å². The van der Waals surface area contributed by atoms with E-state index in [0.717, 1.165) is 0 Å². The summed E-state index contributed by atoms with van der Waals surface area (Å²) in [6.07, 6.45) is 1.40. The first-order valence-electron chi connectivity index (χ1n) is 9.37. The number of rotatable bonds is 8. The highest BCUT2D eigenvalue weighted by Crippen LogP contribution is 2.30. The summed E-state index contributed by atoms with van der Waals surface area (Å²) in [5.74, 6) is 0.343. The number of furan rings is 1. The highest BCUT2D eigenvalue weighted by molar-refractivity contribution is 6.31. The van der Waals surface area contributed by atoms with Gasteiger partial charge in [-0.15, -0.1) is 0 Å². The molecule has 0 aliphatic carbocycles. The fourth-order valence-electron chi connectivity index (χ4n) is 2.71. The highest BCUT2D eigenvalue weighted by atomic mass is 35.5. The summed E-state index contributed by atoms with van der Waals surface area (Å²) in [7, 11) is 0. The zero-order chi connectivity index (χ0) is 21.5. The van der Waals surface area contributed by atoms with Gasteiger partial charge in [0.15, 0.2) is 17.3 Å². The van der Waals surface area contributed by atoms with E-state index in [1.165, 1.54) is 12.3 Å². The molecule has 0 fully saturated rings. The molecule has 156 valence electrons. The van der Waals surface area contributed by atoms with E-state index < -0.39 is 5.91 Å². The van der Waals surface area contributed by atoms with Crippen LogP contribution in [0.5, 0.6) is 11.5 Å². The average Bonchev–Trinajstić information content (AvgIpc) is 3.26. The van der Waals surface area contributed by atoms with Crippen molar-refractivity contribution in [2.45, 2.75) is 13.8 Å². The maximum absolute atomic E-state index is 12.8. The van der Waals surface area contributed by atoms with Crippen LogP contribution in [0, 0.1) is 0 Å². The zero-order valence-corrected chi connectivity index (χ0v) is 17.3. The Hall–Kier alpha value is -3.45. The number of benzene rings is 2. The molecule has 0 saturated carbocycles. The number of carbonyl (C=O) groups excluding carboxylic acids is 2. The second kappa shape index (κ2) is 9.84. The van der Waals surface area contributed by atoms with E-state index in [9.17, 15) is 9.59 Å². The molecule has 2 amide bonds. The van der Waals surface area contributed by atoms with Crippen molar-refractivity contribution in [2.75, 3.05) is 23.8 Å². The van der Waals surface area contributed by atoms with Gasteiger partial charge in [0.25, 0.3) is 11.8 Å². The van der Waals surface area contributed by atoms with E-state index in [1.54, 1.807) is 42.5 Å². The number of hydrogen-bond donors (Lipinski definition) is 2. The molecule has 1 heterocycles. The van der Waals surface area contributed by atoms with Gasteiger partial charge < -0.3 is 24.5 Å². The largest absolute Gasteiger partial charge is 0.490 e. The normalized spacial score (nSPS) is 10.4. The van der Waals surface area contributed by atoms with Crippen molar-refractivity contribution in [2.24, 2.45) is 0 Å².